The molecule has 0 radical (unpaired) electrons. The summed E-state index contributed by atoms with van der Waals surface area (Å²) in [7, 11) is 0. The number of piperazine rings is 1. The first-order chi connectivity index (χ1) is 13.2. The maximum absolute atomic E-state index is 13.5. The van der Waals surface area contributed by atoms with Gasteiger partial charge in [0.25, 0.3) is 0 Å². The minimum Gasteiger partial charge on any atom is -0.381 e. The van der Waals surface area contributed by atoms with Gasteiger partial charge in [0.1, 0.15) is 0 Å². The van der Waals surface area contributed by atoms with Crippen molar-refractivity contribution in [2.45, 2.75) is 38.3 Å². The Morgan fingerprint density at radius 1 is 1.15 bits per heavy atom. The minimum absolute atomic E-state index is 0.105. The van der Waals surface area contributed by atoms with Crippen LogP contribution in [0.25, 0.3) is 0 Å². The molecular formula is C21H32FN3O2. The summed E-state index contributed by atoms with van der Waals surface area (Å²) in [5.74, 6) is -0.105. The van der Waals surface area contributed by atoms with Gasteiger partial charge in [0, 0.05) is 64.4 Å². The lowest BCUT2D eigenvalue weighted by molar-refractivity contribution is -0.138. The smallest absolute Gasteiger partial charge is 0.224 e. The van der Waals surface area contributed by atoms with Crippen LogP contribution in [0, 0.1) is 0 Å². The lowest BCUT2D eigenvalue weighted by atomic mass is 9.86. The van der Waals surface area contributed by atoms with Crippen LogP contribution < -0.4 is 0 Å². The highest BCUT2D eigenvalue weighted by molar-refractivity contribution is 5.75. The van der Waals surface area contributed by atoms with E-state index in [0.717, 1.165) is 45.6 Å². The van der Waals surface area contributed by atoms with E-state index in [0.29, 0.717) is 26.2 Å². The molecular weight excluding hydrogens is 345 g/mol. The van der Waals surface area contributed by atoms with Gasteiger partial charge in [-0.1, -0.05) is 37.3 Å². The number of benzene rings is 1. The Balaban J connectivity index is 1.63. The number of amides is 1. The van der Waals surface area contributed by atoms with Crippen LogP contribution in [0.1, 0.15) is 31.7 Å². The van der Waals surface area contributed by atoms with Crippen LogP contribution in [0.5, 0.6) is 0 Å². The second kappa shape index (κ2) is 9.62. The van der Waals surface area contributed by atoms with E-state index in [1.165, 1.54) is 10.5 Å². The molecule has 0 aliphatic carbocycles. The Labute approximate surface area is 162 Å². The van der Waals surface area contributed by atoms with Crippen molar-refractivity contribution in [2.24, 2.45) is 0 Å². The molecule has 0 saturated carbocycles. The van der Waals surface area contributed by atoms with Gasteiger partial charge in [-0.05, 0) is 18.4 Å². The molecule has 5 nitrogen and oxygen atoms in total. The van der Waals surface area contributed by atoms with Crippen LogP contribution in [-0.4, -0.2) is 78.9 Å². The Hall–Kier alpha value is -1.50. The van der Waals surface area contributed by atoms with Gasteiger partial charge < -0.3 is 9.64 Å². The first kappa shape index (κ1) is 20.2. The number of halogens is 1. The molecule has 1 aromatic carbocycles. The lowest BCUT2D eigenvalue weighted by Crippen LogP contribution is -2.63. The van der Waals surface area contributed by atoms with Crippen LogP contribution >= 0.6 is 0 Å². The predicted molar refractivity (Wildman–Crippen MR) is 104 cm³/mol. The molecule has 2 fully saturated rings. The van der Waals surface area contributed by atoms with Crippen LogP contribution in [0.2, 0.25) is 0 Å². The first-order valence-electron chi connectivity index (χ1n) is 10.1. The van der Waals surface area contributed by atoms with Crippen molar-refractivity contribution in [3.05, 3.63) is 35.9 Å². The fourth-order valence-electron chi connectivity index (χ4n) is 4.32. The van der Waals surface area contributed by atoms with Gasteiger partial charge in [0.2, 0.25) is 5.91 Å². The number of hydrogen-bond acceptors (Lipinski definition) is 4. The summed E-state index contributed by atoms with van der Waals surface area (Å²) in [5.41, 5.74) is 1.18. The van der Waals surface area contributed by atoms with Gasteiger partial charge >= 0.3 is 0 Å². The Morgan fingerprint density at radius 2 is 1.81 bits per heavy atom. The van der Waals surface area contributed by atoms with Crippen LogP contribution in [-0.2, 0) is 16.1 Å². The van der Waals surface area contributed by atoms with Crippen molar-refractivity contribution >= 4 is 5.91 Å². The van der Waals surface area contributed by atoms with E-state index < -0.39 is 6.80 Å². The molecule has 1 aromatic rings. The average molecular weight is 378 g/mol. The highest BCUT2D eigenvalue weighted by Crippen LogP contribution is 2.31. The molecule has 27 heavy (non-hydrogen) atoms. The molecule has 6 heteroatoms. The number of nitrogens with zero attached hydrogens (tertiary/aromatic N) is 3. The standard InChI is InChI=1S/C21H32FN3O2/c1-2-20(26)24(18-22)17-21(8-14-27-15-9-21)25-12-10-23(11-13-25)16-19-6-4-3-5-7-19/h3-7H,2,8-18H2,1H3. The second-order valence-electron chi connectivity index (χ2n) is 7.65. The van der Waals surface area contributed by atoms with Gasteiger partial charge in [-0.25, -0.2) is 4.39 Å². The number of hydrogen-bond donors (Lipinski definition) is 0. The van der Waals surface area contributed by atoms with E-state index in [1.54, 1.807) is 6.92 Å². The third-order valence-electron chi connectivity index (χ3n) is 6.00. The largest absolute Gasteiger partial charge is 0.381 e. The zero-order chi connectivity index (χ0) is 19.1. The number of ether oxygens (including phenoxy) is 1. The third kappa shape index (κ3) is 5.06. The summed E-state index contributed by atoms with van der Waals surface area (Å²) in [5, 5.41) is 0. The fraction of sp³-hybridized carbons (Fsp3) is 0.667. The van der Waals surface area contributed by atoms with Crippen molar-refractivity contribution in [1.82, 2.24) is 14.7 Å². The molecule has 0 N–H and O–H groups in total. The minimum atomic E-state index is -0.705. The number of carbonyl (C=O) groups excluding carboxylic acids is 1. The maximum Gasteiger partial charge on any atom is 0.224 e. The van der Waals surface area contributed by atoms with E-state index in [-0.39, 0.29) is 11.4 Å². The molecule has 0 atom stereocenters. The zero-order valence-electron chi connectivity index (χ0n) is 16.4. The molecule has 1 amide bonds. The molecule has 2 aliphatic heterocycles. The van der Waals surface area contributed by atoms with E-state index in [2.05, 4.69) is 34.1 Å². The molecule has 0 spiro atoms. The fourth-order valence-corrected chi connectivity index (χ4v) is 4.32. The van der Waals surface area contributed by atoms with E-state index in [1.807, 2.05) is 6.07 Å². The molecule has 3 rings (SSSR count). The molecule has 2 saturated heterocycles. The summed E-state index contributed by atoms with van der Waals surface area (Å²) in [6.07, 6.45) is 2.07. The van der Waals surface area contributed by atoms with Gasteiger partial charge in [0.15, 0.2) is 6.80 Å². The van der Waals surface area contributed by atoms with Crippen molar-refractivity contribution in [2.75, 3.05) is 52.7 Å². The molecule has 0 bridgehead atoms. The molecule has 150 valence electrons. The Bertz CT molecular complexity index is 584. The van der Waals surface area contributed by atoms with E-state index >= 15 is 0 Å². The molecule has 2 heterocycles. The average Bonchev–Trinajstić information content (AvgIpc) is 2.73. The van der Waals surface area contributed by atoms with Crippen molar-refractivity contribution in [1.29, 1.82) is 0 Å². The van der Waals surface area contributed by atoms with E-state index in [9.17, 15) is 9.18 Å². The predicted octanol–water partition coefficient (Wildman–Crippen LogP) is 2.52. The van der Waals surface area contributed by atoms with Crippen molar-refractivity contribution in [3.63, 3.8) is 0 Å². The normalized spacial score (nSPS) is 21.1. The summed E-state index contributed by atoms with van der Waals surface area (Å²) in [4.78, 5) is 18.5. The molecule has 0 aromatic heterocycles. The number of carbonyl (C=O) groups is 1. The number of alkyl halides is 1. The zero-order valence-corrected chi connectivity index (χ0v) is 16.4. The quantitative estimate of drug-likeness (QED) is 0.684. The van der Waals surface area contributed by atoms with E-state index in [4.69, 9.17) is 4.74 Å². The van der Waals surface area contributed by atoms with Gasteiger partial charge in [-0.15, -0.1) is 0 Å². The monoisotopic (exact) mass is 377 g/mol. The summed E-state index contributed by atoms with van der Waals surface area (Å²) in [6, 6.07) is 10.5. The van der Waals surface area contributed by atoms with Gasteiger partial charge in [-0.3, -0.25) is 14.6 Å². The third-order valence-corrected chi connectivity index (χ3v) is 6.00. The highest BCUT2D eigenvalue weighted by Gasteiger charge is 2.41. The van der Waals surface area contributed by atoms with Crippen LogP contribution in [0.15, 0.2) is 30.3 Å². The number of rotatable bonds is 7. The SMILES string of the molecule is CCC(=O)N(CF)CC1(N2CCN(Cc3ccccc3)CC2)CCOCC1. The summed E-state index contributed by atoms with van der Waals surface area (Å²) < 4.78 is 19.1. The van der Waals surface area contributed by atoms with Crippen LogP contribution in [0.3, 0.4) is 0 Å². The van der Waals surface area contributed by atoms with Gasteiger partial charge in [-0.2, -0.15) is 0 Å². The van der Waals surface area contributed by atoms with Crippen molar-refractivity contribution in [3.8, 4) is 0 Å². The topological polar surface area (TPSA) is 36.0 Å². The second-order valence-corrected chi connectivity index (χ2v) is 7.65. The maximum atomic E-state index is 13.5. The Morgan fingerprint density at radius 3 is 2.41 bits per heavy atom. The summed E-state index contributed by atoms with van der Waals surface area (Å²) in [6.45, 7) is 7.79. The van der Waals surface area contributed by atoms with Crippen LogP contribution in [0.4, 0.5) is 4.39 Å². The first-order valence-corrected chi connectivity index (χ1v) is 10.1. The molecule has 2 aliphatic rings. The molecule has 0 unspecified atom stereocenters. The lowest BCUT2D eigenvalue weighted by Gasteiger charge is -2.51. The summed E-state index contributed by atoms with van der Waals surface area (Å²) >= 11 is 0. The highest BCUT2D eigenvalue weighted by atomic mass is 19.1. The van der Waals surface area contributed by atoms with Crippen molar-refractivity contribution < 1.29 is 13.9 Å². The van der Waals surface area contributed by atoms with Gasteiger partial charge in [0.05, 0.1) is 0 Å². The Kier molecular flexibility index (Phi) is 7.21.